The van der Waals surface area contributed by atoms with Crippen LogP contribution in [0.2, 0.25) is 15.1 Å². The molecule has 3 aromatic carbocycles. The number of aromatic amines is 3. The van der Waals surface area contributed by atoms with Crippen LogP contribution in [0.15, 0.2) is 185 Å². The van der Waals surface area contributed by atoms with Crippen LogP contribution < -0.4 is 71.9 Å². The number of fused-ring (bicyclic) bond motifs is 6. The minimum Gasteiger partial charge on any atom is -0.550 e. The molecule has 3 atom stereocenters. The van der Waals surface area contributed by atoms with Crippen molar-refractivity contribution in [1.82, 2.24) is 87.4 Å². The zero-order valence-electron chi connectivity index (χ0n) is 62.3. The van der Waals surface area contributed by atoms with E-state index >= 15 is 0 Å². The van der Waals surface area contributed by atoms with Crippen molar-refractivity contribution >= 4 is 178 Å². The number of carboxylic acids is 1. The normalized spacial score (nSPS) is 14.9. The molecule has 7 N–H and O–H groups in total. The SMILES string of the molecule is C/C(=N\O)c1c[nH]c2ncnc(N3CCC[C@H]3c3nn4ccc(Cl)c4c(=O)n3-c3ccccc3)c12.CC(=O)Cc1c[nH]c2ncnc(N3CCC[C@H]3c3nn4ccc(Cl)c4c(=O)n3-c3ccccc3)c12.CC(=O)[O-].CC(=O)c1c[nH]c2ncnc(N3CCC[C@H]3c3nn4ccc(Cl)c4c(=O)n3-c3ccccc3)c12.Cl.NO.S.S.S.[Na+]. The number of hydrogen-bond donors (Lipinski definition) is 6. The molecule has 40 heteroatoms. The quantitative estimate of drug-likeness (QED) is 0.0212. The van der Waals surface area contributed by atoms with E-state index in [-0.39, 0.29) is 129 Å². The van der Waals surface area contributed by atoms with Crippen LogP contribution in [0.25, 0.3) is 66.7 Å². The third-order valence-corrected chi connectivity index (χ3v) is 20.2. The summed E-state index contributed by atoms with van der Waals surface area (Å²) >= 11 is 19.0. The van der Waals surface area contributed by atoms with E-state index in [1.54, 1.807) is 90.3 Å². The fourth-order valence-corrected chi connectivity index (χ4v) is 15.4. The Balaban J connectivity index is 0.000000187. The molecule has 0 spiro atoms. The monoisotopic (exact) mass is 1700 g/mol. The first kappa shape index (κ1) is 88.5. The Hall–Kier alpha value is -10.4. The molecule has 32 nitrogen and oxygen atoms in total. The summed E-state index contributed by atoms with van der Waals surface area (Å²) < 4.78 is 9.57. The number of aromatic nitrogens is 18. The number of Topliss-reactive ketones (excluding diaryl/α,β-unsaturated/α-hetero) is 2. The number of halogens is 4. The Morgan fingerprint density at radius 3 is 1.14 bits per heavy atom. The van der Waals surface area contributed by atoms with E-state index < -0.39 is 5.97 Å². The number of anilines is 3. The van der Waals surface area contributed by atoms with Gasteiger partial charge in [-0.3, -0.25) is 37.7 Å². The van der Waals surface area contributed by atoms with E-state index in [0.29, 0.717) is 131 Å². The summed E-state index contributed by atoms with van der Waals surface area (Å²) in [5.41, 5.74) is 6.91. The molecular weight excluding hydrogens is 1630 g/mol. The van der Waals surface area contributed by atoms with Crippen molar-refractivity contribution in [2.45, 2.75) is 90.8 Å². The Morgan fingerprint density at radius 2 is 0.809 bits per heavy atom. The molecular formula is C75H76Cl4N23NaO9S3. The van der Waals surface area contributed by atoms with Crippen molar-refractivity contribution < 1.29 is 59.5 Å². The average molecular weight is 1700 g/mol. The summed E-state index contributed by atoms with van der Waals surface area (Å²) in [4.78, 5) is 117. The summed E-state index contributed by atoms with van der Waals surface area (Å²) in [6.45, 7) is 7.94. The Kier molecular flexibility index (Phi) is 29.5. The standard InChI is InChI=1S/C25H22ClN7O2.C24H21ClN8O2.C24H20ClN7O2.C2H4O2.ClH.H3NO.Na.3H2S/c1-15(34)12-16-13-27-22-20(16)24(29-14-28-22)31-10-5-8-19(31)23-30-32-11-9-18(26)21(32)25(35)33(23)17-6-3-2-4-7-17;1-14(30-35)16-12-26-21-19(16)23(28-13-27-21)31-10-5-8-18(31)22-29-32-11-9-17(25)20(32)24(34)33(22)15-6-3-2-4-7-15;1-14(33)16-12-26-21-19(16)23(28-13-27-21)30-10-5-8-18(30)22-29-31-11-9-17(25)20(31)24(34)32(22)15-6-3-2-4-7-15;1-2(3)4;;1-2;;;;/h2-4,6-7,9,11,13-14,19H,5,8,10,12H2,1H3,(H,27,28,29);2-4,6-7,9,11-13,18,35H,5,8,10H2,1H3,(H,26,27,28);2-4,6-7,9,11-13,18H,5,8,10H2,1H3,(H,26,27,28);1H3,(H,3,4);1H;2H,1H2;;3*1H2/q;;;;;;+1;;;/p-1/b;30-14+;;;;;;;;/t19-;2*18-;;;;;;;/m000......./s1. The van der Waals surface area contributed by atoms with Crippen molar-refractivity contribution in [2.75, 3.05) is 34.3 Å². The number of aliphatic carboxylic acids is 1. The minimum atomic E-state index is -1.08. The maximum atomic E-state index is 13.7. The van der Waals surface area contributed by atoms with Crippen LogP contribution >= 0.6 is 87.7 Å². The van der Waals surface area contributed by atoms with E-state index in [2.05, 4.69) is 70.6 Å². The van der Waals surface area contributed by atoms with Gasteiger partial charge in [0.2, 0.25) is 0 Å². The zero-order chi connectivity index (χ0) is 77.2. The second-order valence-corrected chi connectivity index (χ2v) is 27.2. The fourth-order valence-electron chi connectivity index (χ4n) is 14.7. The number of carboxylic acid groups (broad SMARTS) is 1. The fraction of sp³-hybridized carbons (Fsp3) is 0.227. The molecule has 15 heterocycles. The van der Waals surface area contributed by atoms with Crippen LogP contribution in [0, 0.1) is 0 Å². The van der Waals surface area contributed by atoms with Gasteiger partial charge in [-0.25, -0.2) is 49.3 Å². The van der Waals surface area contributed by atoms with Crippen LogP contribution in [0.3, 0.4) is 0 Å². The van der Waals surface area contributed by atoms with Crippen LogP contribution in [-0.4, -0.2) is 141 Å². The first-order valence-corrected chi connectivity index (χ1v) is 36.0. The van der Waals surface area contributed by atoms with Crippen molar-refractivity contribution in [3.05, 3.63) is 246 Å². The maximum Gasteiger partial charge on any atom is 1.00 e. The Bertz CT molecular complexity index is 6240. The van der Waals surface area contributed by atoms with Gasteiger partial charge >= 0.3 is 29.6 Å². The number of nitrogens with zero attached hydrogens (tertiary/aromatic N) is 19. The van der Waals surface area contributed by atoms with Gasteiger partial charge in [-0.2, -0.15) is 55.8 Å². The summed E-state index contributed by atoms with van der Waals surface area (Å²) in [6, 6.07) is 32.7. The molecule has 3 aliphatic rings. The maximum absolute atomic E-state index is 13.7. The van der Waals surface area contributed by atoms with E-state index in [9.17, 15) is 29.2 Å². The smallest absolute Gasteiger partial charge is 0.550 e. The van der Waals surface area contributed by atoms with Crippen molar-refractivity contribution in [3.63, 3.8) is 0 Å². The predicted molar refractivity (Wildman–Crippen MR) is 450 cm³/mol. The van der Waals surface area contributed by atoms with Gasteiger partial charge in [-0.15, -0.1) is 12.4 Å². The number of H-pyrrole nitrogens is 3. The van der Waals surface area contributed by atoms with Crippen LogP contribution in [0.4, 0.5) is 17.5 Å². The van der Waals surface area contributed by atoms with Crippen molar-refractivity contribution in [1.29, 1.82) is 0 Å². The van der Waals surface area contributed by atoms with Gasteiger partial charge in [-0.1, -0.05) is 94.6 Å². The number of nitrogens with two attached hydrogens (primary N) is 1. The number of carbonyl (C=O) groups excluding carboxylic acids is 3. The number of ketones is 2. The number of para-hydroxylation sites is 3. The summed E-state index contributed by atoms with van der Waals surface area (Å²) in [5, 5.41) is 46.1. The molecule has 3 fully saturated rings. The van der Waals surface area contributed by atoms with Crippen LogP contribution in [0.5, 0.6) is 0 Å². The minimum absolute atomic E-state index is 0. The number of hydrogen-bond acceptors (Lipinski definition) is 23. The van der Waals surface area contributed by atoms with Crippen LogP contribution in [-0.2, 0) is 16.0 Å². The average Bonchev–Trinajstić information content (AvgIpc) is 1.53. The van der Waals surface area contributed by atoms with Crippen molar-refractivity contribution in [2.24, 2.45) is 11.1 Å². The number of rotatable bonds is 13. The molecule has 12 aromatic heterocycles. The third kappa shape index (κ3) is 17.2. The topological polar surface area (TPSA) is 405 Å². The van der Waals surface area contributed by atoms with E-state index in [4.69, 9.17) is 65.2 Å². The van der Waals surface area contributed by atoms with E-state index in [1.165, 1.54) is 25.9 Å². The molecule has 0 bridgehead atoms. The molecule has 15 aromatic rings. The molecule has 592 valence electrons. The number of carbonyl (C=O) groups is 3. The van der Waals surface area contributed by atoms with Gasteiger partial charge < -0.3 is 50.0 Å². The Morgan fingerprint density at radius 1 is 0.496 bits per heavy atom. The number of oxime groups is 1. The Labute approximate surface area is 718 Å². The van der Waals surface area contributed by atoms with Crippen molar-refractivity contribution in [3.8, 4) is 17.1 Å². The van der Waals surface area contributed by atoms with Gasteiger partial charge in [0.15, 0.2) is 23.3 Å². The molecule has 0 radical (unpaired) electrons. The molecule has 3 aliphatic heterocycles. The van der Waals surface area contributed by atoms with Gasteiger partial charge in [0.05, 0.1) is 72.1 Å². The van der Waals surface area contributed by atoms with Gasteiger partial charge in [0, 0.05) is 80.3 Å². The third-order valence-electron chi connectivity index (χ3n) is 19.3. The summed E-state index contributed by atoms with van der Waals surface area (Å²) in [7, 11) is 0. The molecule has 0 amide bonds. The number of benzene rings is 3. The molecule has 115 heavy (non-hydrogen) atoms. The first-order chi connectivity index (χ1) is 53.4. The van der Waals surface area contributed by atoms with Gasteiger partial charge in [0.1, 0.15) is 75.7 Å². The molecule has 0 saturated carbocycles. The predicted octanol–water partition coefficient (Wildman–Crippen LogP) is 7.64. The molecule has 0 unspecified atom stereocenters. The van der Waals surface area contributed by atoms with Gasteiger partial charge in [-0.05, 0) is 126 Å². The molecule has 18 rings (SSSR count). The molecule has 3 saturated heterocycles. The summed E-state index contributed by atoms with van der Waals surface area (Å²) in [5.74, 6) is 6.27. The first-order valence-electron chi connectivity index (χ1n) is 34.8. The molecule has 0 aliphatic carbocycles. The largest absolute Gasteiger partial charge is 1.00 e. The van der Waals surface area contributed by atoms with Crippen LogP contribution in [0.1, 0.15) is 123 Å². The summed E-state index contributed by atoms with van der Waals surface area (Å²) in [6.07, 6.45) is 20.2. The van der Waals surface area contributed by atoms with Gasteiger partial charge in [0.25, 0.3) is 16.7 Å². The van der Waals surface area contributed by atoms with E-state index in [1.807, 2.05) is 97.2 Å². The second kappa shape index (κ2) is 38.4. The van der Waals surface area contributed by atoms with E-state index in [0.717, 1.165) is 79.8 Å². The number of nitrogens with one attached hydrogen (secondary N) is 3. The second-order valence-electron chi connectivity index (χ2n) is 26.0. The zero-order valence-corrected chi connectivity index (χ0v) is 70.3.